The molecule has 1 heterocycles. The van der Waals surface area contributed by atoms with Crippen molar-refractivity contribution < 1.29 is 19.8 Å². The molecule has 0 saturated carbocycles. The Bertz CT molecular complexity index is 637. The highest BCUT2D eigenvalue weighted by molar-refractivity contribution is 8.13. The first-order valence-electron chi connectivity index (χ1n) is 6.08. The number of aliphatic hydroxyl groups is 2. The molecule has 6 heteroatoms. The van der Waals surface area contributed by atoms with Crippen molar-refractivity contribution in [3.63, 3.8) is 0 Å². The lowest BCUT2D eigenvalue weighted by atomic mass is 10.0. The number of carbonyl (C=O) groups excluding carboxylic acids is 2. The van der Waals surface area contributed by atoms with E-state index in [0.29, 0.717) is 16.5 Å². The number of benzene rings is 1. The van der Waals surface area contributed by atoms with Crippen molar-refractivity contribution in [3.05, 3.63) is 35.5 Å². The molecule has 20 heavy (non-hydrogen) atoms. The maximum atomic E-state index is 10.9. The molecule has 0 spiro atoms. The quantitative estimate of drug-likeness (QED) is 0.729. The third-order valence-electron chi connectivity index (χ3n) is 3.03. The number of fused-ring (bicyclic) bond motifs is 1. The van der Waals surface area contributed by atoms with Crippen LogP contribution in [0.1, 0.15) is 28.9 Å². The van der Waals surface area contributed by atoms with Crippen molar-refractivity contribution in [2.24, 2.45) is 0 Å². The zero-order chi connectivity index (χ0) is 14.7. The van der Waals surface area contributed by atoms with Gasteiger partial charge in [-0.25, -0.2) is 0 Å². The van der Waals surface area contributed by atoms with E-state index in [2.05, 4.69) is 4.98 Å². The number of aldehydes is 1. The van der Waals surface area contributed by atoms with Crippen molar-refractivity contribution in [1.29, 1.82) is 0 Å². The Balaban J connectivity index is 2.22. The number of thioether (sulfide) groups is 1. The van der Waals surface area contributed by atoms with Crippen LogP contribution in [0.15, 0.2) is 24.4 Å². The summed E-state index contributed by atoms with van der Waals surface area (Å²) in [7, 11) is 0. The number of hydrogen-bond donors (Lipinski definition) is 3. The predicted octanol–water partition coefficient (Wildman–Crippen LogP) is 1.65. The molecule has 1 aromatic heterocycles. The number of hydrogen-bond acceptors (Lipinski definition) is 5. The van der Waals surface area contributed by atoms with Crippen LogP contribution in [0.2, 0.25) is 0 Å². The first kappa shape index (κ1) is 14.8. The van der Waals surface area contributed by atoms with Crippen LogP contribution in [0.4, 0.5) is 0 Å². The molecule has 0 amide bonds. The van der Waals surface area contributed by atoms with Crippen molar-refractivity contribution >= 4 is 34.1 Å². The average Bonchev–Trinajstić information content (AvgIpc) is 2.85. The number of aromatic amines is 1. The summed E-state index contributed by atoms with van der Waals surface area (Å²) in [4.78, 5) is 24.7. The van der Waals surface area contributed by atoms with Crippen LogP contribution in [0.25, 0.3) is 10.9 Å². The van der Waals surface area contributed by atoms with Gasteiger partial charge in [0, 0.05) is 35.3 Å². The summed E-state index contributed by atoms with van der Waals surface area (Å²) in [5.41, 5.74) is 1.80. The van der Waals surface area contributed by atoms with Gasteiger partial charge < -0.3 is 15.2 Å². The fourth-order valence-corrected chi connectivity index (χ4v) is 2.55. The molecule has 0 bridgehead atoms. The minimum absolute atomic E-state index is 0.111. The summed E-state index contributed by atoms with van der Waals surface area (Å²) < 4.78 is 0. The summed E-state index contributed by atoms with van der Waals surface area (Å²) >= 11 is 0.964. The van der Waals surface area contributed by atoms with E-state index >= 15 is 0 Å². The van der Waals surface area contributed by atoms with Gasteiger partial charge in [-0.1, -0.05) is 17.8 Å². The number of rotatable bonds is 5. The molecule has 1 aromatic carbocycles. The van der Waals surface area contributed by atoms with Gasteiger partial charge in [-0.3, -0.25) is 9.59 Å². The molecule has 2 aromatic rings. The lowest BCUT2D eigenvalue weighted by Gasteiger charge is -2.17. The molecule has 2 unspecified atom stereocenters. The van der Waals surface area contributed by atoms with Gasteiger partial charge in [0.2, 0.25) is 0 Å². The largest absolute Gasteiger partial charge is 0.389 e. The zero-order valence-electron chi connectivity index (χ0n) is 10.9. The summed E-state index contributed by atoms with van der Waals surface area (Å²) in [6, 6.07) is 5.09. The molecular formula is C14H15NO4S. The zero-order valence-corrected chi connectivity index (χ0v) is 11.7. The summed E-state index contributed by atoms with van der Waals surface area (Å²) in [6.45, 7) is 1.41. The van der Waals surface area contributed by atoms with Crippen LogP contribution in [-0.2, 0) is 4.79 Å². The molecule has 2 rings (SSSR count). The van der Waals surface area contributed by atoms with Crippen LogP contribution < -0.4 is 0 Å². The molecule has 0 fully saturated rings. The van der Waals surface area contributed by atoms with E-state index < -0.39 is 12.2 Å². The Hall–Kier alpha value is -1.63. The Kier molecular flexibility index (Phi) is 4.59. The van der Waals surface area contributed by atoms with E-state index in [0.717, 1.165) is 23.6 Å². The summed E-state index contributed by atoms with van der Waals surface area (Å²) in [5, 5.41) is 20.5. The third-order valence-corrected chi connectivity index (χ3v) is 3.94. The molecule has 0 radical (unpaired) electrons. The number of carbonyl (C=O) groups is 2. The predicted molar refractivity (Wildman–Crippen MR) is 77.8 cm³/mol. The summed E-state index contributed by atoms with van der Waals surface area (Å²) in [6.07, 6.45) is 0.188. The van der Waals surface area contributed by atoms with E-state index in [1.165, 1.54) is 6.92 Å². The van der Waals surface area contributed by atoms with Crippen LogP contribution in [0, 0.1) is 0 Å². The Morgan fingerprint density at radius 1 is 1.45 bits per heavy atom. The van der Waals surface area contributed by atoms with Gasteiger partial charge in [0.05, 0.1) is 6.10 Å². The van der Waals surface area contributed by atoms with Gasteiger partial charge in [0.1, 0.15) is 6.10 Å². The van der Waals surface area contributed by atoms with Crippen LogP contribution >= 0.6 is 11.8 Å². The van der Waals surface area contributed by atoms with Crippen LogP contribution in [0.5, 0.6) is 0 Å². The third kappa shape index (κ3) is 3.09. The lowest BCUT2D eigenvalue weighted by Crippen LogP contribution is -2.21. The maximum Gasteiger partial charge on any atom is 0.185 e. The van der Waals surface area contributed by atoms with Gasteiger partial charge in [-0.15, -0.1) is 0 Å². The Labute approximate surface area is 120 Å². The van der Waals surface area contributed by atoms with E-state index in [4.69, 9.17) is 0 Å². The highest BCUT2D eigenvalue weighted by atomic mass is 32.2. The molecule has 106 valence electrons. The van der Waals surface area contributed by atoms with Gasteiger partial charge in [0.15, 0.2) is 11.4 Å². The minimum Gasteiger partial charge on any atom is -0.389 e. The van der Waals surface area contributed by atoms with Crippen molar-refractivity contribution in [2.45, 2.75) is 19.1 Å². The van der Waals surface area contributed by atoms with Crippen LogP contribution in [-0.4, -0.2) is 38.5 Å². The SMILES string of the molecule is CC(=O)SCC(O)C(O)c1ccc2[nH]cc(C=O)c2c1. The first-order chi connectivity index (χ1) is 9.52. The Morgan fingerprint density at radius 3 is 2.85 bits per heavy atom. The van der Waals surface area contributed by atoms with Crippen LogP contribution in [0.3, 0.4) is 0 Å². The van der Waals surface area contributed by atoms with Gasteiger partial charge >= 0.3 is 0 Å². The fraction of sp³-hybridized carbons (Fsp3) is 0.286. The topological polar surface area (TPSA) is 90.4 Å². The van der Waals surface area contributed by atoms with E-state index in [1.807, 2.05) is 0 Å². The van der Waals surface area contributed by atoms with Gasteiger partial charge in [-0.05, 0) is 17.7 Å². The number of nitrogens with one attached hydrogen (secondary N) is 1. The number of aliphatic hydroxyl groups excluding tert-OH is 2. The number of H-pyrrole nitrogens is 1. The normalized spacial score (nSPS) is 14.2. The minimum atomic E-state index is -1.10. The monoisotopic (exact) mass is 293 g/mol. The molecule has 5 nitrogen and oxygen atoms in total. The van der Waals surface area contributed by atoms with Gasteiger partial charge in [0.25, 0.3) is 0 Å². The first-order valence-corrected chi connectivity index (χ1v) is 7.07. The molecule has 0 aliphatic carbocycles. The number of aromatic nitrogens is 1. The highest BCUT2D eigenvalue weighted by Gasteiger charge is 2.20. The molecule has 0 saturated heterocycles. The molecule has 0 aliphatic rings. The molecule has 2 atom stereocenters. The maximum absolute atomic E-state index is 10.9. The molecule has 3 N–H and O–H groups in total. The van der Waals surface area contributed by atoms with E-state index in [1.54, 1.807) is 24.4 Å². The second-order valence-electron chi connectivity index (χ2n) is 4.48. The Morgan fingerprint density at radius 2 is 2.20 bits per heavy atom. The van der Waals surface area contributed by atoms with E-state index in [9.17, 15) is 19.8 Å². The van der Waals surface area contributed by atoms with E-state index in [-0.39, 0.29) is 10.9 Å². The van der Waals surface area contributed by atoms with Crippen molar-refractivity contribution in [1.82, 2.24) is 4.98 Å². The second-order valence-corrected chi connectivity index (χ2v) is 5.68. The average molecular weight is 293 g/mol. The van der Waals surface area contributed by atoms with Gasteiger partial charge in [-0.2, -0.15) is 0 Å². The molecular weight excluding hydrogens is 278 g/mol. The molecule has 0 aliphatic heterocycles. The fourth-order valence-electron chi connectivity index (χ4n) is 1.96. The second kappa shape index (κ2) is 6.21. The lowest BCUT2D eigenvalue weighted by molar-refractivity contribution is -0.109. The summed E-state index contributed by atoms with van der Waals surface area (Å²) in [5.74, 6) is 0.127. The van der Waals surface area contributed by atoms with Crippen molar-refractivity contribution in [3.8, 4) is 0 Å². The van der Waals surface area contributed by atoms with Crippen molar-refractivity contribution in [2.75, 3.05) is 5.75 Å². The highest BCUT2D eigenvalue weighted by Crippen LogP contribution is 2.25. The standard InChI is InChI=1S/C14H15NO4S/c1-8(17)20-7-13(18)14(19)9-2-3-12-11(4-9)10(6-16)5-15-12/h2-6,13-15,18-19H,7H2,1H3. The smallest absolute Gasteiger partial charge is 0.185 e.